The summed E-state index contributed by atoms with van der Waals surface area (Å²) in [6.45, 7) is 3.90. The van der Waals surface area contributed by atoms with E-state index in [4.69, 9.17) is 0 Å². The Hall–Kier alpha value is -3.02. The number of fused-ring (bicyclic) bond motifs is 1. The monoisotopic (exact) mass is 485 g/mol. The van der Waals surface area contributed by atoms with Gasteiger partial charge in [0.15, 0.2) is 0 Å². The minimum absolute atomic E-state index is 0.128. The number of pyridine rings is 1. The Morgan fingerprint density at radius 2 is 1.82 bits per heavy atom. The first-order valence-corrected chi connectivity index (χ1v) is 12.7. The largest absolute Gasteiger partial charge is 0.354 e. The highest BCUT2D eigenvalue weighted by Crippen LogP contribution is 2.22. The number of hydrogen-bond donors (Lipinski definition) is 1. The summed E-state index contributed by atoms with van der Waals surface area (Å²) in [5.74, 6) is 1.51. The average molecular weight is 486 g/mol. The molecule has 1 N–H and O–H groups in total. The van der Waals surface area contributed by atoms with Crippen LogP contribution in [-0.2, 0) is 28.3 Å². The summed E-state index contributed by atoms with van der Waals surface area (Å²) < 4.78 is 27.9. The summed E-state index contributed by atoms with van der Waals surface area (Å²) in [5, 5.41) is 2.89. The molecule has 0 atom stereocenters. The molecule has 182 valence electrons. The number of aromatic nitrogens is 3. The normalized spacial score (nSPS) is 15.3. The van der Waals surface area contributed by atoms with Gasteiger partial charge in [-0.25, -0.2) is 22.7 Å². The van der Waals surface area contributed by atoms with Crippen LogP contribution >= 0.6 is 0 Å². The van der Waals surface area contributed by atoms with Crippen LogP contribution in [0.2, 0.25) is 0 Å². The second-order valence-electron chi connectivity index (χ2n) is 8.77. The molecule has 34 heavy (non-hydrogen) atoms. The van der Waals surface area contributed by atoms with E-state index < -0.39 is 10.0 Å². The predicted molar refractivity (Wildman–Crippen MR) is 132 cm³/mol. The predicted octanol–water partition coefficient (Wildman–Crippen LogP) is 1.54. The highest BCUT2D eigenvalue weighted by molar-refractivity contribution is 7.89. The Morgan fingerprint density at radius 3 is 2.47 bits per heavy atom. The molecular formula is C23H31N7O3S. The Kier molecular flexibility index (Phi) is 6.87. The molecule has 0 aliphatic carbocycles. The summed E-state index contributed by atoms with van der Waals surface area (Å²) in [4.78, 5) is 26.3. The van der Waals surface area contributed by atoms with Gasteiger partial charge in [-0.2, -0.15) is 0 Å². The van der Waals surface area contributed by atoms with Crippen molar-refractivity contribution in [3.8, 4) is 0 Å². The molecule has 10 nitrogen and oxygen atoms in total. The molecule has 1 fully saturated rings. The highest BCUT2D eigenvalue weighted by Gasteiger charge is 2.19. The molecule has 0 radical (unpaired) electrons. The van der Waals surface area contributed by atoms with E-state index in [1.54, 1.807) is 24.4 Å². The van der Waals surface area contributed by atoms with Crippen LogP contribution in [0.25, 0.3) is 11.0 Å². The maximum atomic E-state index is 12.5. The zero-order chi connectivity index (χ0) is 24.5. The Morgan fingerprint density at radius 1 is 1.09 bits per heavy atom. The molecule has 1 saturated heterocycles. The van der Waals surface area contributed by atoms with E-state index in [9.17, 15) is 13.2 Å². The fourth-order valence-corrected chi connectivity index (χ4v) is 4.88. The van der Waals surface area contributed by atoms with Crippen LogP contribution in [0.1, 0.15) is 12.2 Å². The van der Waals surface area contributed by atoms with Crippen molar-refractivity contribution in [2.24, 2.45) is 7.05 Å². The number of hydrogen-bond acceptors (Lipinski definition) is 7. The number of carbonyl (C=O) groups is 1. The van der Waals surface area contributed by atoms with Crippen LogP contribution < -0.4 is 10.2 Å². The first kappa shape index (κ1) is 24.1. The lowest BCUT2D eigenvalue weighted by atomic mass is 10.2. The number of amides is 1. The van der Waals surface area contributed by atoms with Gasteiger partial charge >= 0.3 is 0 Å². The number of rotatable bonds is 7. The average Bonchev–Trinajstić information content (AvgIpc) is 3.13. The summed E-state index contributed by atoms with van der Waals surface area (Å²) in [6.07, 6.45) is 2.37. The fourth-order valence-electron chi connectivity index (χ4n) is 3.96. The number of aryl methyl sites for hydroxylation is 2. The van der Waals surface area contributed by atoms with Crippen molar-refractivity contribution in [3.05, 3.63) is 42.4 Å². The maximum absolute atomic E-state index is 12.5. The van der Waals surface area contributed by atoms with Crippen molar-refractivity contribution in [2.45, 2.75) is 17.7 Å². The molecule has 0 unspecified atom stereocenters. The molecular weight excluding hydrogens is 454 g/mol. The van der Waals surface area contributed by atoms with E-state index in [2.05, 4.69) is 32.1 Å². The molecule has 1 aliphatic heterocycles. The summed E-state index contributed by atoms with van der Waals surface area (Å²) in [5.41, 5.74) is 2.06. The van der Waals surface area contributed by atoms with E-state index in [0.717, 1.165) is 37.5 Å². The number of nitrogens with zero attached hydrogens (tertiary/aromatic N) is 6. The molecule has 0 saturated carbocycles. The van der Waals surface area contributed by atoms with Crippen LogP contribution in [0.5, 0.6) is 0 Å². The zero-order valence-corrected chi connectivity index (χ0v) is 20.8. The van der Waals surface area contributed by atoms with Gasteiger partial charge in [-0.1, -0.05) is 0 Å². The van der Waals surface area contributed by atoms with Crippen LogP contribution in [0, 0.1) is 0 Å². The topological polar surface area (TPSA) is 104 Å². The third-order valence-electron chi connectivity index (χ3n) is 6.16. The van der Waals surface area contributed by atoms with Gasteiger partial charge in [0.05, 0.1) is 27.8 Å². The minimum atomic E-state index is -3.54. The summed E-state index contributed by atoms with van der Waals surface area (Å²) in [6, 6.07) is 8.71. The van der Waals surface area contributed by atoms with Gasteiger partial charge < -0.3 is 19.7 Å². The Labute approximate surface area is 200 Å². The van der Waals surface area contributed by atoms with Crippen LogP contribution in [-0.4, -0.2) is 85.4 Å². The lowest BCUT2D eigenvalue weighted by Gasteiger charge is -2.33. The molecule has 11 heteroatoms. The molecule has 1 amide bonds. The molecule has 1 aromatic carbocycles. The summed E-state index contributed by atoms with van der Waals surface area (Å²) >= 11 is 0. The van der Waals surface area contributed by atoms with Gasteiger partial charge in [0.25, 0.3) is 0 Å². The fraction of sp³-hybridized carbons (Fsp3) is 0.435. The van der Waals surface area contributed by atoms with Gasteiger partial charge in [-0.05, 0) is 37.4 Å². The SMILES string of the molecule is CN1CCN(c2ccc(NC(=O)CCc3nc4cc(S(=O)(=O)N(C)C)ccc4n3C)cn2)CC1. The maximum Gasteiger partial charge on any atom is 0.242 e. The standard InChI is InChI=1S/C23H31N7O3S/c1-27(2)34(32,33)18-6-7-20-19(15-18)26-22(29(20)4)9-10-23(31)25-17-5-8-21(24-16-17)30-13-11-28(3)12-14-30/h5-8,15-16H,9-14H2,1-4H3,(H,25,31). The quantitative estimate of drug-likeness (QED) is 0.541. The zero-order valence-electron chi connectivity index (χ0n) is 20.0. The van der Waals surface area contributed by atoms with E-state index in [1.165, 1.54) is 18.4 Å². The van der Waals surface area contributed by atoms with E-state index in [0.29, 0.717) is 23.4 Å². The highest BCUT2D eigenvalue weighted by atomic mass is 32.2. The lowest BCUT2D eigenvalue weighted by Crippen LogP contribution is -2.44. The van der Waals surface area contributed by atoms with Gasteiger partial charge in [-0.3, -0.25) is 4.79 Å². The summed E-state index contributed by atoms with van der Waals surface area (Å²) in [7, 11) is 3.44. The van der Waals surface area contributed by atoms with Crippen molar-refractivity contribution in [1.82, 2.24) is 23.7 Å². The van der Waals surface area contributed by atoms with Gasteiger partial charge in [0.2, 0.25) is 15.9 Å². The number of anilines is 2. The van der Waals surface area contributed by atoms with Crippen molar-refractivity contribution >= 4 is 38.5 Å². The Bertz CT molecular complexity index is 1280. The third kappa shape index (κ3) is 5.06. The van der Waals surface area contributed by atoms with E-state index in [-0.39, 0.29) is 17.2 Å². The second kappa shape index (κ2) is 9.69. The first-order chi connectivity index (χ1) is 16.1. The van der Waals surface area contributed by atoms with Gasteiger partial charge in [0.1, 0.15) is 11.6 Å². The van der Waals surface area contributed by atoms with Crippen molar-refractivity contribution in [1.29, 1.82) is 0 Å². The van der Waals surface area contributed by atoms with Crippen LogP contribution in [0.3, 0.4) is 0 Å². The van der Waals surface area contributed by atoms with Crippen molar-refractivity contribution in [3.63, 3.8) is 0 Å². The Balaban J connectivity index is 1.38. The van der Waals surface area contributed by atoms with Crippen molar-refractivity contribution < 1.29 is 13.2 Å². The van der Waals surface area contributed by atoms with E-state index in [1.807, 2.05) is 23.7 Å². The molecule has 4 rings (SSSR count). The lowest BCUT2D eigenvalue weighted by molar-refractivity contribution is -0.116. The number of imidazole rings is 1. The number of carbonyl (C=O) groups excluding carboxylic acids is 1. The first-order valence-electron chi connectivity index (χ1n) is 11.2. The molecule has 3 heterocycles. The number of piperazine rings is 1. The van der Waals surface area contributed by atoms with Crippen LogP contribution in [0.4, 0.5) is 11.5 Å². The molecule has 1 aliphatic rings. The second-order valence-corrected chi connectivity index (χ2v) is 10.9. The number of sulfonamides is 1. The minimum Gasteiger partial charge on any atom is -0.354 e. The molecule has 3 aromatic rings. The van der Waals surface area contributed by atoms with Crippen molar-refractivity contribution in [2.75, 3.05) is 57.5 Å². The molecule has 2 aromatic heterocycles. The molecule has 0 bridgehead atoms. The van der Waals surface area contributed by atoms with Crippen LogP contribution in [0.15, 0.2) is 41.4 Å². The molecule has 0 spiro atoms. The van der Waals surface area contributed by atoms with Gasteiger partial charge in [0, 0.05) is 60.2 Å². The number of likely N-dealkylation sites (N-methyl/N-ethyl adjacent to an activating group) is 1. The number of nitrogens with one attached hydrogen (secondary N) is 1. The van der Waals surface area contributed by atoms with E-state index >= 15 is 0 Å². The number of benzene rings is 1. The third-order valence-corrected chi connectivity index (χ3v) is 7.97. The smallest absolute Gasteiger partial charge is 0.242 e. The van der Waals surface area contributed by atoms with Gasteiger partial charge in [-0.15, -0.1) is 0 Å².